The van der Waals surface area contributed by atoms with Crippen LogP contribution in [0.3, 0.4) is 0 Å². The third-order valence-corrected chi connectivity index (χ3v) is 2.97. The monoisotopic (exact) mass is 276 g/mol. The number of ether oxygens (including phenoxy) is 1. The minimum absolute atomic E-state index is 0.495. The molecule has 0 fully saturated rings. The van der Waals surface area contributed by atoms with Gasteiger partial charge in [0, 0.05) is 18.4 Å². The van der Waals surface area contributed by atoms with Crippen molar-refractivity contribution in [1.29, 1.82) is 0 Å². The van der Waals surface area contributed by atoms with E-state index in [9.17, 15) is 0 Å². The predicted octanol–water partition coefficient (Wildman–Crippen LogP) is 3.90. The van der Waals surface area contributed by atoms with Gasteiger partial charge in [0.15, 0.2) is 5.82 Å². The van der Waals surface area contributed by atoms with Crippen molar-refractivity contribution < 1.29 is 4.74 Å². The van der Waals surface area contributed by atoms with E-state index in [1.165, 1.54) is 0 Å². The standard InChI is InChI=1S/C15H17ClN2O/c1-3-4-13-9-14(16)18-15(17-13)12-7-5-11(6-8-12)10-19-2/h5-9H,3-4,10H2,1-2H3. The van der Waals surface area contributed by atoms with E-state index in [0.717, 1.165) is 29.7 Å². The number of aryl methyl sites for hydroxylation is 1. The van der Waals surface area contributed by atoms with Crippen LogP contribution in [0.15, 0.2) is 30.3 Å². The molecule has 0 aliphatic carbocycles. The highest BCUT2D eigenvalue weighted by Crippen LogP contribution is 2.19. The molecule has 0 aliphatic heterocycles. The molecule has 0 saturated heterocycles. The Labute approximate surface area is 118 Å². The fraction of sp³-hybridized carbons (Fsp3) is 0.333. The number of benzene rings is 1. The van der Waals surface area contributed by atoms with Gasteiger partial charge in [-0.3, -0.25) is 0 Å². The summed E-state index contributed by atoms with van der Waals surface area (Å²) in [5.74, 6) is 0.680. The molecule has 0 atom stereocenters. The summed E-state index contributed by atoms with van der Waals surface area (Å²) in [6, 6.07) is 9.85. The third kappa shape index (κ3) is 3.75. The van der Waals surface area contributed by atoms with Crippen molar-refractivity contribution in [3.05, 3.63) is 46.7 Å². The summed E-state index contributed by atoms with van der Waals surface area (Å²) in [7, 11) is 1.69. The first-order valence-corrected chi connectivity index (χ1v) is 6.72. The first-order chi connectivity index (χ1) is 9.22. The van der Waals surface area contributed by atoms with E-state index in [4.69, 9.17) is 16.3 Å². The Hall–Kier alpha value is -1.45. The summed E-state index contributed by atoms with van der Waals surface area (Å²) in [6.07, 6.45) is 1.95. The molecule has 0 N–H and O–H groups in total. The topological polar surface area (TPSA) is 35.0 Å². The van der Waals surface area contributed by atoms with Gasteiger partial charge in [0.05, 0.1) is 6.61 Å². The lowest BCUT2D eigenvalue weighted by Crippen LogP contribution is -1.96. The van der Waals surface area contributed by atoms with Crippen molar-refractivity contribution in [3.8, 4) is 11.4 Å². The maximum atomic E-state index is 6.05. The molecule has 3 nitrogen and oxygen atoms in total. The quantitative estimate of drug-likeness (QED) is 0.777. The molecule has 19 heavy (non-hydrogen) atoms. The van der Waals surface area contributed by atoms with E-state index >= 15 is 0 Å². The van der Waals surface area contributed by atoms with Gasteiger partial charge in [0.25, 0.3) is 0 Å². The highest BCUT2D eigenvalue weighted by molar-refractivity contribution is 6.29. The molecule has 0 saturated carbocycles. The first-order valence-electron chi connectivity index (χ1n) is 6.34. The summed E-state index contributed by atoms with van der Waals surface area (Å²) in [6.45, 7) is 2.73. The van der Waals surface area contributed by atoms with Gasteiger partial charge in [-0.05, 0) is 18.1 Å². The molecule has 0 unspecified atom stereocenters. The van der Waals surface area contributed by atoms with Gasteiger partial charge in [-0.2, -0.15) is 0 Å². The van der Waals surface area contributed by atoms with Crippen LogP contribution in [-0.2, 0) is 17.8 Å². The van der Waals surface area contributed by atoms with Crippen LogP contribution < -0.4 is 0 Å². The third-order valence-electron chi connectivity index (χ3n) is 2.78. The molecule has 2 aromatic rings. The second kappa shape index (κ2) is 6.64. The zero-order chi connectivity index (χ0) is 13.7. The van der Waals surface area contributed by atoms with E-state index in [1.807, 2.05) is 30.3 Å². The molecule has 0 spiro atoms. The second-order valence-corrected chi connectivity index (χ2v) is 4.77. The Morgan fingerprint density at radius 3 is 2.53 bits per heavy atom. The molecular weight excluding hydrogens is 260 g/mol. The van der Waals surface area contributed by atoms with E-state index in [2.05, 4.69) is 16.9 Å². The Morgan fingerprint density at radius 2 is 1.89 bits per heavy atom. The van der Waals surface area contributed by atoms with E-state index in [0.29, 0.717) is 17.6 Å². The normalized spacial score (nSPS) is 10.7. The van der Waals surface area contributed by atoms with Crippen molar-refractivity contribution in [2.45, 2.75) is 26.4 Å². The molecule has 2 rings (SSSR count). The van der Waals surface area contributed by atoms with Gasteiger partial charge in [0.1, 0.15) is 5.15 Å². The van der Waals surface area contributed by atoms with Crippen molar-refractivity contribution in [1.82, 2.24) is 9.97 Å². The summed E-state index contributed by atoms with van der Waals surface area (Å²) < 4.78 is 5.09. The van der Waals surface area contributed by atoms with E-state index in [1.54, 1.807) is 7.11 Å². The van der Waals surface area contributed by atoms with Crippen LogP contribution in [0.25, 0.3) is 11.4 Å². The lowest BCUT2D eigenvalue weighted by atomic mass is 10.1. The molecule has 1 aromatic heterocycles. The first kappa shape index (κ1) is 14.0. The number of halogens is 1. The fourth-order valence-corrected chi connectivity index (χ4v) is 2.10. The summed E-state index contributed by atoms with van der Waals surface area (Å²) in [4.78, 5) is 8.83. The van der Waals surface area contributed by atoms with Gasteiger partial charge in [0.2, 0.25) is 0 Å². The molecule has 1 heterocycles. The van der Waals surface area contributed by atoms with Crippen LogP contribution >= 0.6 is 11.6 Å². The van der Waals surface area contributed by atoms with Crippen LogP contribution in [0.4, 0.5) is 0 Å². The largest absolute Gasteiger partial charge is 0.380 e. The molecule has 1 aromatic carbocycles. The summed E-state index contributed by atoms with van der Waals surface area (Å²) >= 11 is 6.05. The van der Waals surface area contributed by atoms with Gasteiger partial charge in [-0.15, -0.1) is 0 Å². The number of nitrogens with zero attached hydrogens (tertiary/aromatic N) is 2. The number of hydrogen-bond acceptors (Lipinski definition) is 3. The minimum Gasteiger partial charge on any atom is -0.380 e. The smallest absolute Gasteiger partial charge is 0.161 e. The lowest BCUT2D eigenvalue weighted by Gasteiger charge is -2.05. The van der Waals surface area contributed by atoms with Crippen LogP contribution in [0, 0.1) is 0 Å². The van der Waals surface area contributed by atoms with Gasteiger partial charge >= 0.3 is 0 Å². The Kier molecular flexibility index (Phi) is 4.88. The van der Waals surface area contributed by atoms with Gasteiger partial charge in [-0.25, -0.2) is 9.97 Å². The molecule has 0 bridgehead atoms. The average Bonchev–Trinajstić information content (AvgIpc) is 2.40. The maximum absolute atomic E-state index is 6.05. The van der Waals surface area contributed by atoms with E-state index < -0.39 is 0 Å². The molecule has 0 radical (unpaired) electrons. The predicted molar refractivity (Wildman–Crippen MR) is 77.2 cm³/mol. The number of aromatic nitrogens is 2. The minimum atomic E-state index is 0.495. The number of hydrogen-bond donors (Lipinski definition) is 0. The van der Waals surface area contributed by atoms with Crippen LogP contribution in [0.1, 0.15) is 24.6 Å². The Bertz CT molecular complexity index is 540. The Morgan fingerprint density at radius 1 is 1.16 bits per heavy atom. The van der Waals surface area contributed by atoms with Gasteiger partial charge in [-0.1, -0.05) is 49.2 Å². The second-order valence-electron chi connectivity index (χ2n) is 4.39. The highest BCUT2D eigenvalue weighted by Gasteiger charge is 2.05. The van der Waals surface area contributed by atoms with Crippen LogP contribution in [0.2, 0.25) is 5.15 Å². The Balaban J connectivity index is 2.29. The summed E-state index contributed by atoms with van der Waals surface area (Å²) in [5.41, 5.74) is 3.08. The van der Waals surface area contributed by atoms with Crippen molar-refractivity contribution in [3.63, 3.8) is 0 Å². The summed E-state index contributed by atoms with van der Waals surface area (Å²) in [5, 5.41) is 0.495. The SMILES string of the molecule is CCCc1cc(Cl)nc(-c2ccc(COC)cc2)n1. The molecule has 0 aliphatic rings. The number of methoxy groups -OCH3 is 1. The lowest BCUT2D eigenvalue weighted by molar-refractivity contribution is 0.185. The zero-order valence-electron chi connectivity index (χ0n) is 11.2. The van der Waals surface area contributed by atoms with Crippen molar-refractivity contribution >= 4 is 11.6 Å². The number of rotatable bonds is 5. The van der Waals surface area contributed by atoms with Crippen LogP contribution in [-0.4, -0.2) is 17.1 Å². The van der Waals surface area contributed by atoms with Crippen molar-refractivity contribution in [2.24, 2.45) is 0 Å². The molecule has 0 amide bonds. The van der Waals surface area contributed by atoms with Gasteiger partial charge < -0.3 is 4.74 Å². The molecule has 100 valence electrons. The van der Waals surface area contributed by atoms with E-state index in [-0.39, 0.29) is 0 Å². The molecular formula is C15H17ClN2O. The highest BCUT2D eigenvalue weighted by atomic mass is 35.5. The average molecular weight is 277 g/mol. The molecule has 4 heteroatoms. The fourth-order valence-electron chi connectivity index (χ4n) is 1.89. The maximum Gasteiger partial charge on any atom is 0.161 e. The van der Waals surface area contributed by atoms with Crippen molar-refractivity contribution in [2.75, 3.05) is 7.11 Å². The van der Waals surface area contributed by atoms with Crippen LogP contribution in [0.5, 0.6) is 0 Å². The zero-order valence-corrected chi connectivity index (χ0v) is 11.9.